The molecule has 4 heteroatoms. The number of benzene rings is 1. The van der Waals surface area contributed by atoms with Gasteiger partial charge in [-0.1, -0.05) is 34.5 Å². The summed E-state index contributed by atoms with van der Waals surface area (Å²) in [6, 6.07) is 8.78. The highest BCUT2D eigenvalue weighted by Crippen LogP contribution is 2.27. The van der Waals surface area contributed by atoms with Crippen molar-refractivity contribution in [1.29, 1.82) is 0 Å². The van der Waals surface area contributed by atoms with Gasteiger partial charge in [0.25, 0.3) is 0 Å². The molecule has 3 nitrogen and oxygen atoms in total. The maximum Gasteiger partial charge on any atom is 0.132 e. The second-order valence-electron chi connectivity index (χ2n) is 5.58. The van der Waals surface area contributed by atoms with Crippen LogP contribution in [0.3, 0.4) is 0 Å². The molecule has 1 heterocycles. The lowest BCUT2D eigenvalue weighted by Gasteiger charge is -2.16. The standard InChI is InChI=1S/C17H20BrN3/c1-19-15-4-2-3-5-16-14(15)11-20-17(21-16)10-12-6-8-13(18)9-7-12/h6-9,11,15,19H,2-5,10H2,1H3. The summed E-state index contributed by atoms with van der Waals surface area (Å²) in [6.45, 7) is 0. The minimum Gasteiger partial charge on any atom is -0.313 e. The van der Waals surface area contributed by atoms with E-state index in [1.54, 1.807) is 0 Å². The summed E-state index contributed by atoms with van der Waals surface area (Å²) in [7, 11) is 2.02. The van der Waals surface area contributed by atoms with Crippen molar-refractivity contribution in [2.75, 3.05) is 7.05 Å². The molecular formula is C17H20BrN3. The smallest absolute Gasteiger partial charge is 0.132 e. The summed E-state index contributed by atoms with van der Waals surface area (Å²) < 4.78 is 1.10. The van der Waals surface area contributed by atoms with Gasteiger partial charge in [-0.2, -0.15) is 0 Å². The van der Waals surface area contributed by atoms with E-state index in [0.29, 0.717) is 6.04 Å². The first-order chi connectivity index (χ1) is 10.3. The Kier molecular flexibility index (Phi) is 4.66. The van der Waals surface area contributed by atoms with Gasteiger partial charge < -0.3 is 5.32 Å². The topological polar surface area (TPSA) is 37.8 Å². The maximum atomic E-state index is 4.83. The van der Waals surface area contributed by atoms with Crippen LogP contribution < -0.4 is 5.32 Å². The molecule has 0 aliphatic heterocycles. The van der Waals surface area contributed by atoms with Crippen LogP contribution in [0.25, 0.3) is 0 Å². The Morgan fingerprint density at radius 1 is 1.24 bits per heavy atom. The SMILES string of the molecule is CNC1CCCCc2nc(Cc3ccc(Br)cc3)ncc21. The van der Waals surface area contributed by atoms with E-state index in [9.17, 15) is 0 Å². The highest BCUT2D eigenvalue weighted by Gasteiger charge is 2.19. The zero-order valence-electron chi connectivity index (χ0n) is 12.3. The van der Waals surface area contributed by atoms with E-state index in [4.69, 9.17) is 4.98 Å². The van der Waals surface area contributed by atoms with Gasteiger partial charge in [-0.25, -0.2) is 9.97 Å². The largest absolute Gasteiger partial charge is 0.313 e. The number of halogens is 1. The molecule has 0 spiro atoms. The molecule has 110 valence electrons. The summed E-state index contributed by atoms with van der Waals surface area (Å²) in [4.78, 5) is 9.41. The molecule has 1 aliphatic carbocycles. The fraction of sp³-hybridized carbons (Fsp3) is 0.412. The fourth-order valence-corrected chi connectivity index (χ4v) is 3.19. The van der Waals surface area contributed by atoms with Crippen molar-refractivity contribution in [3.63, 3.8) is 0 Å². The molecule has 0 radical (unpaired) electrons. The number of nitrogens with zero attached hydrogens (tertiary/aromatic N) is 2. The third-order valence-corrected chi connectivity index (χ3v) is 4.63. The van der Waals surface area contributed by atoms with Crippen LogP contribution in [0.15, 0.2) is 34.9 Å². The van der Waals surface area contributed by atoms with Gasteiger partial charge >= 0.3 is 0 Å². The van der Waals surface area contributed by atoms with Crippen molar-refractivity contribution in [2.24, 2.45) is 0 Å². The predicted molar refractivity (Wildman–Crippen MR) is 88.3 cm³/mol. The summed E-state index contributed by atoms with van der Waals surface area (Å²) in [5.74, 6) is 0.924. The van der Waals surface area contributed by atoms with Crippen molar-refractivity contribution in [2.45, 2.75) is 38.1 Å². The first kappa shape index (κ1) is 14.7. The summed E-state index contributed by atoms with van der Waals surface area (Å²) in [5.41, 5.74) is 3.76. The fourth-order valence-electron chi connectivity index (χ4n) is 2.93. The van der Waals surface area contributed by atoms with E-state index in [0.717, 1.165) is 23.1 Å². The minimum absolute atomic E-state index is 0.407. The lowest BCUT2D eigenvalue weighted by Crippen LogP contribution is -2.18. The summed E-state index contributed by atoms with van der Waals surface area (Å²) in [5, 5.41) is 3.39. The predicted octanol–water partition coefficient (Wildman–Crippen LogP) is 3.82. The average Bonchev–Trinajstić information content (AvgIpc) is 2.71. The molecule has 0 bridgehead atoms. The van der Waals surface area contributed by atoms with E-state index < -0.39 is 0 Å². The molecule has 3 rings (SSSR count). The minimum atomic E-state index is 0.407. The monoisotopic (exact) mass is 345 g/mol. The molecule has 1 aromatic carbocycles. The molecule has 1 N–H and O–H groups in total. The van der Waals surface area contributed by atoms with Crippen LogP contribution in [0, 0.1) is 0 Å². The second-order valence-corrected chi connectivity index (χ2v) is 6.49. The van der Waals surface area contributed by atoms with Crippen molar-refractivity contribution in [3.8, 4) is 0 Å². The molecule has 1 aliphatic rings. The molecule has 0 saturated carbocycles. The number of hydrogen-bond acceptors (Lipinski definition) is 3. The summed E-state index contributed by atoms with van der Waals surface area (Å²) >= 11 is 3.47. The Balaban J connectivity index is 1.85. The molecule has 0 saturated heterocycles. The third-order valence-electron chi connectivity index (χ3n) is 4.11. The van der Waals surface area contributed by atoms with Crippen LogP contribution in [0.2, 0.25) is 0 Å². The van der Waals surface area contributed by atoms with Gasteiger partial charge in [0, 0.05) is 34.4 Å². The summed E-state index contributed by atoms with van der Waals surface area (Å²) in [6.07, 6.45) is 7.56. The van der Waals surface area contributed by atoms with Crippen molar-refractivity contribution < 1.29 is 0 Å². The van der Waals surface area contributed by atoms with E-state index in [2.05, 4.69) is 50.5 Å². The van der Waals surface area contributed by atoms with Gasteiger partial charge in [0.05, 0.1) is 0 Å². The van der Waals surface area contributed by atoms with Gasteiger partial charge in [-0.3, -0.25) is 0 Å². The maximum absolute atomic E-state index is 4.83. The first-order valence-electron chi connectivity index (χ1n) is 7.52. The zero-order chi connectivity index (χ0) is 14.7. The lowest BCUT2D eigenvalue weighted by atomic mass is 10.0. The average molecular weight is 346 g/mol. The van der Waals surface area contributed by atoms with Crippen molar-refractivity contribution in [3.05, 3.63) is 57.6 Å². The number of rotatable bonds is 3. The molecule has 1 aromatic heterocycles. The molecule has 2 aromatic rings. The van der Waals surface area contributed by atoms with Crippen molar-refractivity contribution in [1.82, 2.24) is 15.3 Å². The van der Waals surface area contributed by atoms with E-state index in [-0.39, 0.29) is 0 Å². The first-order valence-corrected chi connectivity index (χ1v) is 8.32. The van der Waals surface area contributed by atoms with Crippen LogP contribution in [0.4, 0.5) is 0 Å². The van der Waals surface area contributed by atoms with Crippen LogP contribution in [0.1, 0.15) is 47.9 Å². The number of nitrogens with one attached hydrogen (secondary N) is 1. The van der Waals surface area contributed by atoms with Gasteiger partial charge in [-0.15, -0.1) is 0 Å². The van der Waals surface area contributed by atoms with E-state index in [1.807, 2.05) is 13.2 Å². The molecule has 0 fully saturated rings. The Bertz CT molecular complexity index is 610. The quantitative estimate of drug-likeness (QED) is 0.859. The molecule has 1 atom stereocenters. The number of aryl methyl sites for hydroxylation is 1. The van der Waals surface area contributed by atoms with Crippen LogP contribution in [-0.2, 0) is 12.8 Å². The number of hydrogen-bond donors (Lipinski definition) is 1. The zero-order valence-corrected chi connectivity index (χ0v) is 13.9. The second kappa shape index (κ2) is 6.67. The highest BCUT2D eigenvalue weighted by atomic mass is 79.9. The van der Waals surface area contributed by atoms with Gasteiger partial charge in [0.2, 0.25) is 0 Å². The van der Waals surface area contributed by atoms with Gasteiger partial charge in [-0.05, 0) is 44.0 Å². The molecule has 21 heavy (non-hydrogen) atoms. The molecule has 1 unspecified atom stereocenters. The lowest BCUT2D eigenvalue weighted by molar-refractivity contribution is 0.531. The van der Waals surface area contributed by atoms with Crippen molar-refractivity contribution >= 4 is 15.9 Å². The Morgan fingerprint density at radius 2 is 2.05 bits per heavy atom. The van der Waals surface area contributed by atoms with E-state index in [1.165, 1.54) is 36.1 Å². The van der Waals surface area contributed by atoms with Gasteiger partial charge in [0.15, 0.2) is 0 Å². The molecule has 0 amide bonds. The number of aromatic nitrogens is 2. The van der Waals surface area contributed by atoms with Crippen LogP contribution in [-0.4, -0.2) is 17.0 Å². The third kappa shape index (κ3) is 3.50. The normalized spacial score (nSPS) is 18.1. The van der Waals surface area contributed by atoms with Crippen LogP contribution in [0.5, 0.6) is 0 Å². The molecular weight excluding hydrogens is 326 g/mol. The Hall–Kier alpha value is -1.26. The number of fused-ring (bicyclic) bond motifs is 1. The highest BCUT2D eigenvalue weighted by molar-refractivity contribution is 9.10. The van der Waals surface area contributed by atoms with Gasteiger partial charge in [0.1, 0.15) is 5.82 Å². The Labute approximate surface area is 134 Å². The Morgan fingerprint density at radius 3 is 2.81 bits per heavy atom. The van der Waals surface area contributed by atoms with E-state index >= 15 is 0 Å². The van der Waals surface area contributed by atoms with Crippen LogP contribution >= 0.6 is 15.9 Å².